The number of carbonyl (C=O) groups excluding carboxylic acids is 2. The third kappa shape index (κ3) is 9.74. The minimum Gasteiger partial charge on any atom is -0.379 e. The van der Waals surface area contributed by atoms with Gasteiger partial charge < -0.3 is 15.4 Å². The quantitative estimate of drug-likeness (QED) is 0.111. The molecular weight excluding hydrogens is 711 g/mol. The number of amides is 2. The maximum Gasteiger partial charge on any atom is 0.417 e. The highest BCUT2D eigenvalue weighted by molar-refractivity contribution is 9.10. The molecule has 1 saturated heterocycles. The Balaban J connectivity index is 1.21. The molecule has 5 rings (SSSR count). The second-order valence-electron chi connectivity index (χ2n) is 11.0. The third-order valence-corrected chi connectivity index (χ3v) is 8.49. The van der Waals surface area contributed by atoms with Crippen LogP contribution in [0.15, 0.2) is 101 Å². The average Bonchev–Trinajstić information content (AvgIpc) is 3.08. The van der Waals surface area contributed by atoms with E-state index in [2.05, 4.69) is 54.1 Å². The summed E-state index contributed by atoms with van der Waals surface area (Å²) in [5.41, 5.74) is 4.27. The highest BCUT2D eigenvalue weighted by Crippen LogP contribution is 2.35. The van der Waals surface area contributed by atoms with Crippen LogP contribution in [0.25, 0.3) is 0 Å². The molecule has 4 aromatic rings. The van der Waals surface area contributed by atoms with Crippen molar-refractivity contribution in [2.45, 2.75) is 18.8 Å². The number of anilines is 1. The first kappa shape index (κ1) is 35.2. The molecule has 13 heteroatoms. The van der Waals surface area contributed by atoms with Crippen molar-refractivity contribution in [1.82, 2.24) is 15.6 Å². The lowest BCUT2D eigenvalue weighted by molar-refractivity contribution is -0.137. The van der Waals surface area contributed by atoms with Crippen LogP contribution >= 0.6 is 27.5 Å². The van der Waals surface area contributed by atoms with Crippen LogP contribution in [-0.2, 0) is 17.5 Å². The Bertz CT molecular complexity index is 1750. The van der Waals surface area contributed by atoms with Crippen LogP contribution in [0.1, 0.15) is 49.0 Å². The Morgan fingerprint density at radius 1 is 0.958 bits per heavy atom. The molecule has 1 heterocycles. The molecule has 0 saturated carbocycles. The van der Waals surface area contributed by atoms with Crippen LogP contribution in [0.3, 0.4) is 0 Å². The highest BCUT2D eigenvalue weighted by Gasteiger charge is 2.33. The summed E-state index contributed by atoms with van der Waals surface area (Å²) in [7, 11) is 0. The maximum absolute atomic E-state index is 13.2. The zero-order valence-corrected chi connectivity index (χ0v) is 27.9. The number of halogens is 5. The van der Waals surface area contributed by atoms with Crippen LogP contribution in [-0.4, -0.2) is 55.8 Å². The van der Waals surface area contributed by atoms with Gasteiger partial charge in [-0.1, -0.05) is 76.1 Å². The predicted octanol–water partition coefficient (Wildman–Crippen LogP) is 7.30. The molecule has 48 heavy (non-hydrogen) atoms. The molecule has 1 aliphatic heterocycles. The Kier molecular flexibility index (Phi) is 12.0. The van der Waals surface area contributed by atoms with Gasteiger partial charge in [0, 0.05) is 42.3 Å². The molecule has 4 aromatic carbocycles. The van der Waals surface area contributed by atoms with Gasteiger partial charge in [-0.15, -0.1) is 0 Å². The number of ether oxygens (including phenoxy) is 1. The number of alkyl halides is 3. The summed E-state index contributed by atoms with van der Waals surface area (Å²) in [6, 6.07) is 25.6. The summed E-state index contributed by atoms with van der Waals surface area (Å²) in [5.74, 6) is -1.11. The van der Waals surface area contributed by atoms with Crippen LogP contribution in [0, 0.1) is 0 Å². The van der Waals surface area contributed by atoms with Crippen molar-refractivity contribution in [3.05, 3.63) is 134 Å². The topological polar surface area (TPSA) is 95.1 Å². The van der Waals surface area contributed by atoms with E-state index in [4.69, 9.17) is 16.3 Å². The first-order chi connectivity index (χ1) is 23.1. The van der Waals surface area contributed by atoms with Crippen molar-refractivity contribution in [3.8, 4) is 0 Å². The second kappa shape index (κ2) is 16.4. The number of hydrogen-bond acceptors (Lipinski definition) is 6. The standard InChI is InChI=1S/C35H32BrClF3N5O3/c36-27-11-13-31(28(19-27)34(47)44-42-21-24-8-12-30(37)29(18-24)35(38,39)40)43-33(46)26-9-6-23(7-10-26)20-41-32(25-4-2-1-3-5-25)22-45-14-16-48-17-15-45/h1-13,18-19,21,32,41H,14-17,20,22H2,(H,43,46)(H,44,47)/b42-21-. The van der Waals surface area contributed by atoms with Crippen molar-refractivity contribution >= 4 is 51.2 Å². The number of benzene rings is 4. The molecule has 2 amide bonds. The van der Waals surface area contributed by atoms with Gasteiger partial charge in [0.05, 0.1) is 41.3 Å². The lowest BCUT2D eigenvalue weighted by Gasteiger charge is -2.31. The van der Waals surface area contributed by atoms with Gasteiger partial charge in [-0.2, -0.15) is 18.3 Å². The Morgan fingerprint density at radius 2 is 1.69 bits per heavy atom. The Labute approximate surface area is 289 Å². The fourth-order valence-electron chi connectivity index (χ4n) is 5.10. The van der Waals surface area contributed by atoms with Crippen molar-refractivity contribution < 1.29 is 27.5 Å². The fraction of sp³-hybridized carbons (Fsp3) is 0.229. The summed E-state index contributed by atoms with van der Waals surface area (Å²) in [6.45, 7) is 4.67. The molecule has 1 fully saturated rings. The number of nitrogens with one attached hydrogen (secondary N) is 3. The monoisotopic (exact) mass is 741 g/mol. The first-order valence-corrected chi connectivity index (χ1v) is 16.2. The van der Waals surface area contributed by atoms with Crippen molar-refractivity contribution in [2.75, 3.05) is 38.2 Å². The Hall–Kier alpha value is -4.07. The van der Waals surface area contributed by atoms with Crippen LogP contribution in [0.2, 0.25) is 5.02 Å². The highest BCUT2D eigenvalue weighted by atomic mass is 79.9. The van der Waals surface area contributed by atoms with Crippen LogP contribution in [0.5, 0.6) is 0 Å². The van der Waals surface area contributed by atoms with Gasteiger partial charge in [0.25, 0.3) is 11.8 Å². The zero-order chi connectivity index (χ0) is 34.1. The maximum atomic E-state index is 13.2. The van der Waals surface area contributed by atoms with Crippen molar-refractivity contribution in [3.63, 3.8) is 0 Å². The van der Waals surface area contributed by atoms with Gasteiger partial charge in [-0.05, 0) is 59.2 Å². The van der Waals surface area contributed by atoms with Gasteiger partial charge in [0.2, 0.25) is 0 Å². The lowest BCUT2D eigenvalue weighted by atomic mass is 10.0. The average molecular weight is 743 g/mol. The molecule has 0 spiro atoms. The lowest BCUT2D eigenvalue weighted by Crippen LogP contribution is -2.41. The molecule has 0 bridgehead atoms. The minimum absolute atomic E-state index is 0.0844. The summed E-state index contributed by atoms with van der Waals surface area (Å²) in [6.07, 6.45) is -3.57. The van der Waals surface area contributed by atoms with Crippen molar-refractivity contribution in [1.29, 1.82) is 0 Å². The van der Waals surface area contributed by atoms with Crippen molar-refractivity contribution in [2.24, 2.45) is 5.10 Å². The van der Waals surface area contributed by atoms with E-state index in [0.717, 1.165) is 56.8 Å². The summed E-state index contributed by atoms with van der Waals surface area (Å²) >= 11 is 8.99. The van der Waals surface area contributed by atoms with Gasteiger partial charge in [-0.3, -0.25) is 14.5 Å². The largest absolute Gasteiger partial charge is 0.417 e. The molecule has 0 radical (unpaired) electrons. The number of nitrogens with zero attached hydrogens (tertiary/aromatic N) is 2. The van der Waals surface area contributed by atoms with E-state index in [1.807, 2.05) is 30.3 Å². The van der Waals surface area contributed by atoms with E-state index in [1.165, 1.54) is 17.7 Å². The molecule has 0 aliphatic carbocycles. The number of morpholine rings is 1. The SMILES string of the molecule is O=C(Nc1ccc(Br)cc1C(=O)N/N=C\c1ccc(Cl)c(C(F)(F)F)c1)c1ccc(CNC(CN2CCOCC2)c2ccccc2)cc1. The molecular formula is C35H32BrClF3N5O3. The predicted molar refractivity (Wildman–Crippen MR) is 183 cm³/mol. The van der Waals surface area contributed by atoms with E-state index >= 15 is 0 Å². The minimum atomic E-state index is -4.64. The molecule has 1 atom stereocenters. The zero-order valence-electron chi connectivity index (χ0n) is 25.6. The number of hydrogen-bond donors (Lipinski definition) is 3. The summed E-state index contributed by atoms with van der Waals surface area (Å²) < 4.78 is 45.6. The van der Waals surface area contributed by atoms with E-state index in [0.29, 0.717) is 16.6 Å². The molecule has 3 N–H and O–H groups in total. The smallest absolute Gasteiger partial charge is 0.379 e. The van der Waals surface area contributed by atoms with Gasteiger partial charge in [0.15, 0.2) is 0 Å². The number of carbonyl (C=O) groups is 2. The third-order valence-electron chi connectivity index (χ3n) is 7.67. The van der Waals surface area contributed by atoms with E-state index in [1.54, 1.807) is 24.3 Å². The number of hydrazone groups is 1. The van der Waals surface area contributed by atoms with Gasteiger partial charge in [-0.25, -0.2) is 5.43 Å². The molecule has 0 aromatic heterocycles. The van der Waals surface area contributed by atoms with Gasteiger partial charge >= 0.3 is 6.18 Å². The van der Waals surface area contributed by atoms with Crippen LogP contribution in [0.4, 0.5) is 18.9 Å². The van der Waals surface area contributed by atoms with E-state index < -0.39 is 28.6 Å². The van der Waals surface area contributed by atoms with Crippen LogP contribution < -0.4 is 16.1 Å². The fourth-order valence-corrected chi connectivity index (χ4v) is 5.69. The van der Waals surface area contributed by atoms with E-state index in [9.17, 15) is 22.8 Å². The summed E-state index contributed by atoms with van der Waals surface area (Å²) in [5, 5.41) is 9.77. The first-order valence-electron chi connectivity index (χ1n) is 15.1. The normalized spacial score (nSPS) is 14.5. The summed E-state index contributed by atoms with van der Waals surface area (Å²) in [4.78, 5) is 28.6. The Morgan fingerprint density at radius 3 is 2.40 bits per heavy atom. The van der Waals surface area contributed by atoms with Gasteiger partial charge in [0.1, 0.15) is 0 Å². The molecule has 250 valence electrons. The number of rotatable bonds is 11. The molecule has 1 aliphatic rings. The van der Waals surface area contributed by atoms with E-state index in [-0.39, 0.29) is 22.9 Å². The second-order valence-corrected chi connectivity index (χ2v) is 12.4. The molecule has 1 unspecified atom stereocenters. The molecule has 8 nitrogen and oxygen atoms in total.